The van der Waals surface area contributed by atoms with E-state index in [0.717, 1.165) is 61.8 Å². The molecule has 9 nitrogen and oxygen atoms in total. The number of anilines is 3. The molecule has 3 aromatic rings. The Morgan fingerprint density at radius 2 is 1.93 bits per heavy atom. The molecular weight excluding hydrogens is 378 g/mol. The van der Waals surface area contributed by atoms with Crippen molar-refractivity contribution in [2.75, 3.05) is 30.8 Å². The molecule has 2 N–H and O–H groups in total. The third-order valence-electron chi connectivity index (χ3n) is 5.25. The number of hydrogen-bond donors (Lipinski definition) is 2. The highest BCUT2D eigenvalue weighted by molar-refractivity contribution is 5.52. The predicted octanol–water partition coefficient (Wildman–Crippen LogP) is 2.78. The van der Waals surface area contributed by atoms with Crippen molar-refractivity contribution in [1.29, 1.82) is 0 Å². The molecular formula is C21H27N9. The molecule has 0 radical (unpaired) electrons. The molecule has 156 valence electrons. The van der Waals surface area contributed by atoms with Gasteiger partial charge < -0.3 is 10.6 Å². The maximum atomic E-state index is 4.76. The van der Waals surface area contributed by atoms with Gasteiger partial charge in [-0.25, -0.2) is 29.9 Å². The van der Waals surface area contributed by atoms with E-state index in [9.17, 15) is 0 Å². The Bertz CT molecular complexity index is 961. The van der Waals surface area contributed by atoms with Crippen LogP contribution in [0.1, 0.15) is 42.8 Å². The Balaban J connectivity index is 1.42. The van der Waals surface area contributed by atoms with Crippen molar-refractivity contribution in [3.63, 3.8) is 0 Å². The number of aromatic nitrogens is 6. The minimum atomic E-state index is 0.372. The lowest BCUT2D eigenvalue weighted by Gasteiger charge is -2.32. The predicted molar refractivity (Wildman–Crippen MR) is 116 cm³/mol. The van der Waals surface area contributed by atoms with E-state index in [-0.39, 0.29) is 0 Å². The first kappa shape index (κ1) is 20.1. The van der Waals surface area contributed by atoms with Crippen LogP contribution in [0.5, 0.6) is 0 Å². The van der Waals surface area contributed by atoms with Crippen LogP contribution in [0, 0.1) is 0 Å². The normalized spacial score (nSPS) is 16.9. The van der Waals surface area contributed by atoms with Gasteiger partial charge in [0.1, 0.15) is 23.8 Å². The fourth-order valence-electron chi connectivity index (χ4n) is 3.68. The largest absolute Gasteiger partial charge is 0.373 e. The van der Waals surface area contributed by atoms with Crippen LogP contribution >= 0.6 is 0 Å². The number of likely N-dealkylation sites (tertiary alicyclic amines) is 1. The van der Waals surface area contributed by atoms with Gasteiger partial charge in [-0.2, -0.15) is 0 Å². The van der Waals surface area contributed by atoms with E-state index >= 15 is 0 Å². The first-order chi connectivity index (χ1) is 14.7. The molecule has 0 bridgehead atoms. The molecule has 9 heteroatoms. The zero-order valence-electron chi connectivity index (χ0n) is 17.4. The van der Waals surface area contributed by atoms with E-state index in [1.54, 1.807) is 6.20 Å². The average molecular weight is 406 g/mol. The fourth-order valence-corrected chi connectivity index (χ4v) is 3.68. The van der Waals surface area contributed by atoms with Gasteiger partial charge in [0, 0.05) is 62.7 Å². The standard InChI is InChI=1S/C21H27N9/c1-3-18-24-10-15(11-25-18)12-30-8-4-5-16(13-30)17-6-7-23-21(28-17)29-20-9-19(22-2)26-14-27-20/h6-7,9-11,14,16H,3-5,8,12-13H2,1-2H3,(H2,22,23,26,27,28,29)/t16-/m1/s1. The average Bonchev–Trinajstić information content (AvgIpc) is 2.80. The summed E-state index contributed by atoms with van der Waals surface area (Å²) in [6, 6.07) is 3.84. The second-order valence-electron chi connectivity index (χ2n) is 7.40. The molecule has 0 aromatic carbocycles. The molecule has 0 unspecified atom stereocenters. The summed E-state index contributed by atoms with van der Waals surface area (Å²) >= 11 is 0. The van der Waals surface area contributed by atoms with Gasteiger partial charge in [0.25, 0.3) is 0 Å². The molecule has 0 aliphatic carbocycles. The summed E-state index contributed by atoms with van der Waals surface area (Å²) in [6.07, 6.45) is 10.3. The Hall–Kier alpha value is -3.20. The topological polar surface area (TPSA) is 105 Å². The Morgan fingerprint density at radius 1 is 1.10 bits per heavy atom. The van der Waals surface area contributed by atoms with Crippen molar-refractivity contribution in [2.45, 2.75) is 38.6 Å². The van der Waals surface area contributed by atoms with Crippen LogP contribution in [0.15, 0.2) is 37.1 Å². The number of rotatable bonds is 7. The Labute approximate surface area is 176 Å². The van der Waals surface area contributed by atoms with E-state index in [4.69, 9.17) is 4.98 Å². The maximum Gasteiger partial charge on any atom is 0.228 e. The zero-order valence-corrected chi connectivity index (χ0v) is 17.4. The maximum absolute atomic E-state index is 4.76. The summed E-state index contributed by atoms with van der Waals surface area (Å²) in [4.78, 5) is 28.8. The highest BCUT2D eigenvalue weighted by atomic mass is 15.2. The van der Waals surface area contributed by atoms with E-state index < -0.39 is 0 Å². The zero-order chi connectivity index (χ0) is 20.8. The van der Waals surface area contributed by atoms with Crippen LogP contribution in [0.2, 0.25) is 0 Å². The third-order valence-corrected chi connectivity index (χ3v) is 5.25. The highest BCUT2D eigenvalue weighted by Gasteiger charge is 2.23. The fraction of sp³-hybridized carbons (Fsp3) is 0.429. The molecule has 1 atom stereocenters. The summed E-state index contributed by atoms with van der Waals surface area (Å²) in [5.41, 5.74) is 2.21. The summed E-state index contributed by atoms with van der Waals surface area (Å²) in [6.45, 7) is 4.98. The van der Waals surface area contributed by atoms with Crippen molar-refractivity contribution in [3.05, 3.63) is 54.1 Å². The molecule has 0 spiro atoms. The van der Waals surface area contributed by atoms with Crippen molar-refractivity contribution in [2.24, 2.45) is 0 Å². The molecule has 0 saturated carbocycles. The second-order valence-corrected chi connectivity index (χ2v) is 7.40. The van der Waals surface area contributed by atoms with Gasteiger partial charge in [-0.05, 0) is 25.5 Å². The molecule has 1 saturated heterocycles. The molecule has 4 heterocycles. The number of aryl methyl sites for hydroxylation is 1. The van der Waals surface area contributed by atoms with Crippen molar-refractivity contribution in [1.82, 2.24) is 34.8 Å². The second kappa shape index (κ2) is 9.53. The molecule has 1 fully saturated rings. The lowest BCUT2D eigenvalue weighted by atomic mass is 9.94. The van der Waals surface area contributed by atoms with Gasteiger partial charge in [-0.1, -0.05) is 6.92 Å². The number of hydrogen-bond acceptors (Lipinski definition) is 9. The lowest BCUT2D eigenvalue weighted by Crippen LogP contribution is -2.34. The number of nitrogens with one attached hydrogen (secondary N) is 2. The van der Waals surface area contributed by atoms with Crippen LogP contribution in [-0.4, -0.2) is 54.9 Å². The molecule has 0 amide bonds. The Morgan fingerprint density at radius 3 is 2.73 bits per heavy atom. The van der Waals surface area contributed by atoms with E-state index in [1.807, 2.05) is 31.6 Å². The van der Waals surface area contributed by atoms with Crippen LogP contribution < -0.4 is 10.6 Å². The van der Waals surface area contributed by atoms with Crippen molar-refractivity contribution >= 4 is 17.6 Å². The van der Waals surface area contributed by atoms with Crippen LogP contribution in [-0.2, 0) is 13.0 Å². The molecule has 1 aliphatic rings. The van der Waals surface area contributed by atoms with Gasteiger partial charge in [0.2, 0.25) is 5.95 Å². The molecule has 4 rings (SSSR count). The minimum absolute atomic E-state index is 0.372. The van der Waals surface area contributed by atoms with Gasteiger partial charge in [-0.3, -0.25) is 4.90 Å². The third kappa shape index (κ3) is 5.04. The van der Waals surface area contributed by atoms with Crippen LogP contribution in [0.4, 0.5) is 17.6 Å². The highest BCUT2D eigenvalue weighted by Crippen LogP contribution is 2.27. The molecule has 1 aliphatic heterocycles. The summed E-state index contributed by atoms with van der Waals surface area (Å²) in [7, 11) is 1.82. The first-order valence-electron chi connectivity index (χ1n) is 10.4. The van der Waals surface area contributed by atoms with Gasteiger partial charge >= 0.3 is 0 Å². The van der Waals surface area contributed by atoms with E-state index in [0.29, 0.717) is 17.7 Å². The summed E-state index contributed by atoms with van der Waals surface area (Å²) in [5.74, 6) is 3.21. The van der Waals surface area contributed by atoms with Gasteiger partial charge in [0.15, 0.2) is 0 Å². The molecule has 3 aromatic heterocycles. The number of piperidine rings is 1. The lowest BCUT2D eigenvalue weighted by molar-refractivity contribution is 0.198. The Kier molecular flexibility index (Phi) is 6.38. The first-order valence-corrected chi connectivity index (χ1v) is 10.4. The van der Waals surface area contributed by atoms with Gasteiger partial charge in [-0.15, -0.1) is 0 Å². The smallest absolute Gasteiger partial charge is 0.228 e. The van der Waals surface area contributed by atoms with Crippen LogP contribution in [0.25, 0.3) is 0 Å². The minimum Gasteiger partial charge on any atom is -0.373 e. The van der Waals surface area contributed by atoms with Crippen LogP contribution in [0.3, 0.4) is 0 Å². The van der Waals surface area contributed by atoms with Crippen molar-refractivity contribution in [3.8, 4) is 0 Å². The SMILES string of the molecule is CCc1ncc(CN2CCC[C@@H](c3ccnc(Nc4cc(NC)ncn4)n3)C2)cn1. The van der Waals surface area contributed by atoms with E-state index in [2.05, 4.69) is 47.4 Å². The van der Waals surface area contributed by atoms with Crippen molar-refractivity contribution < 1.29 is 0 Å². The molecule has 30 heavy (non-hydrogen) atoms. The van der Waals surface area contributed by atoms with E-state index in [1.165, 1.54) is 6.33 Å². The summed E-state index contributed by atoms with van der Waals surface area (Å²) < 4.78 is 0. The number of nitrogens with zero attached hydrogens (tertiary/aromatic N) is 7. The summed E-state index contributed by atoms with van der Waals surface area (Å²) in [5, 5.41) is 6.18. The van der Waals surface area contributed by atoms with Gasteiger partial charge in [0.05, 0.1) is 5.69 Å². The quantitative estimate of drug-likeness (QED) is 0.614. The monoisotopic (exact) mass is 405 g/mol.